The molecule has 4 aromatic rings. The van der Waals surface area contributed by atoms with Gasteiger partial charge in [0.2, 0.25) is 5.78 Å². The first-order chi connectivity index (χ1) is 15.2. The molecule has 0 radical (unpaired) electrons. The van der Waals surface area contributed by atoms with E-state index < -0.39 is 0 Å². The number of rotatable bonds is 4. The Kier molecular flexibility index (Phi) is 3.92. The van der Waals surface area contributed by atoms with Crippen molar-refractivity contribution in [2.45, 2.75) is 13.5 Å². The van der Waals surface area contributed by atoms with E-state index in [0.717, 1.165) is 54.2 Å². The molecule has 0 unspecified atom stereocenters. The molecule has 2 aromatic heterocycles. The summed E-state index contributed by atoms with van der Waals surface area (Å²) in [5.74, 6) is 1.47. The zero-order valence-corrected chi connectivity index (χ0v) is 17.3. The molecular formula is C24H22N6O. The molecule has 0 saturated carbocycles. The highest BCUT2D eigenvalue weighted by atomic mass is 16.5. The summed E-state index contributed by atoms with van der Waals surface area (Å²) >= 11 is 0. The minimum Gasteiger partial charge on any atom is -0.380 e. The SMILES string of the molecule is Cc1c(C#N)cccc1CNc1nc2nccn2c2ccc(N3CC4(COC4)C3)cc12. The maximum Gasteiger partial charge on any atom is 0.236 e. The molecular weight excluding hydrogens is 388 g/mol. The fourth-order valence-corrected chi connectivity index (χ4v) is 4.68. The summed E-state index contributed by atoms with van der Waals surface area (Å²) in [5.41, 5.74) is 5.43. The van der Waals surface area contributed by atoms with Gasteiger partial charge in [0.25, 0.3) is 0 Å². The molecule has 7 nitrogen and oxygen atoms in total. The van der Waals surface area contributed by atoms with Gasteiger partial charge in [0.05, 0.1) is 35.8 Å². The van der Waals surface area contributed by atoms with Gasteiger partial charge in [0.15, 0.2) is 0 Å². The summed E-state index contributed by atoms with van der Waals surface area (Å²) in [7, 11) is 0. The first-order valence-electron chi connectivity index (χ1n) is 10.5. The van der Waals surface area contributed by atoms with Crippen LogP contribution < -0.4 is 10.2 Å². The molecule has 0 atom stereocenters. The molecule has 2 aliphatic heterocycles. The first-order valence-corrected chi connectivity index (χ1v) is 10.5. The average Bonchev–Trinajstić information content (AvgIpc) is 3.19. The zero-order chi connectivity index (χ0) is 21.0. The predicted octanol–water partition coefficient (Wildman–Crippen LogP) is 3.51. The topological polar surface area (TPSA) is 78.5 Å². The number of anilines is 2. The maximum atomic E-state index is 9.33. The van der Waals surface area contributed by atoms with Gasteiger partial charge in [-0.25, -0.2) is 4.98 Å². The van der Waals surface area contributed by atoms with Gasteiger partial charge in [-0.1, -0.05) is 12.1 Å². The molecule has 0 bridgehead atoms. The standard InChI is InChI=1S/C24H22N6O/c1-16-17(10-25)3-2-4-18(16)11-27-22-20-9-19(29-12-24(13-29)14-31-15-24)5-6-21(20)30-8-7-26-23(30)28-22/h2-9H,11-15H2,1H3,(H,26,27,28). The van der Waals surface area contributed by atoms with Gasteiger partial charge < -0.3 is 15.0 Å². The van der Waals surface area contributed by atoms with E-state index in [-0.39, 0.29) is 0 Å². The second-order valence-corrected chi connectivity index (χ2v) is 8.66. The van der Waals surface area contributed by atoms with Crippen molar-refractivity contribution in [1.82, 2.24) is 14.4 Å². The lowest BCUT2D eigenvalue weighted by atomic mass is 9.78. The van der Waals surface area contributed by atoms with Crippen LogP contribution in [0.25, 0.3) is 16.7 Å². The van der Waals surface area contributed by atoms with Crippen LogP contribution in [0.15, 0.2) is 48.8 Å². The Morgan fingerprint density at radius 2 is 2.10 bits per heavy atom. The molecule has 154 valence electrons. The van der Waals surface area contributed by atoms with Crippen LogP contribution in [0.4, 0.5) is 11.5 Å². The molecule has 2 saturated heterocycles. The number of aromatic nitrogens is 3. The highest BCUT2D eigenvalue weighted by Gasteiger charge is 2.49. The quantitative estimate of drug-likeness (QED) is 0.555. The van der Waals surface area contributed by atoms with E-state index in [1.54, 1.807) is 6.20 Å². The third-order valence-corrected chi connectivity index (χ3v) is 6.57. The van der Waals surface area contributed by atoms with E-state index in [1.807, 2.05) is 35.7 Å². The molecule has 2 aliphatic rings. The summed E-state index contributed by atoms with van der Waals surface area (Å²) in [5, 5.41) is 13.9. The van der Waals surface area contributed by atoms with Gasteiger partial charge in [0, 0.05) is 43.1 Å². The Labute approximate surface area is 179 Å². The number of fused-ring (bicyclic) bond motifs is 3. The fourth-order valence-electron chi connectivity index (χ4n) is 4.68. The molecule has 2 aromatic carbocycles. The number of nitrogens with zero attached hydrogens (tertiary/aromatic N) is 5. The number of imidazole rings is 1. The molecule has 2 fully saturated rings. The normalized spacial score (nSPS) is 16.8. The van der Waals surface area contributed by atoms with Crippen molar-refractivity contribution < 1.29 is 4.74 Å². The van der Waals surface area contributed by atoms with Crippen molar-refractivity contribution in [2.75, 3.05) is 36.5 Å². The lowest BCUT2D eigenvalue weighted by Crippen LogP contribution is -2.66. The Balaban J connectivity index is 1.37. The van der Waals surface area contributed by atoms with Crippen LogP contribution >= 0.6 is 0 Å². The highest BCUT2D eigenvalue weighted by Crippen LogP contribution is 2.41. The third kappa shape index (κ3) is 2.83. The summed E-state index contributed by atoms with van der Waals surface area (Å²) < 4.78 is 7.43. The van der Waals surface area contributed by atoms with Crippen LogP contribution in [0.2, 0.25) is 0 Å². The molecule has 7 heteroatoms. The minimum atomic E-state index is 0.367. The molecule has 4 heterocycles. The second kappa shape index (κ2) is 6.69. The predicted molar refractivity (Wildman–Crippen MR) is 119 cm³/mol. The van der Waals surface area contributed by atoms with Gasteiger partial charge in [-0.05, 0) is 42.3 Å². The molecule has 1 N–H and O–H groups in total. The van der Waals surface area contributed by atoms with Crippen molar-refractivity contribution in [2.24, 2.45) is 5.41 Å². The number of ether oxygens (including phenoxy) is 1. The third-order valence-electron chi connectivity index (χ3n) is 6.57. The minimum absolute atomic E-state index is 0.367. The van der Waals surface area contributed by atoms with Crippen molar-refractivity contribution in [3.05, 3.63) is 65.5 Å². The largest absolute Gasteiger partial charge is 0.380 e. The van der Waals surface area contributed by atoms with Gasteiger partial charge in [0.1, 0.15) is 5.82 Å². The maximum absolute atomic E-state index is 9.33. The van der Waals surface area contributed by atoms with Crippen molar-refractivity contribution in [1.29, 1.82) is 5.26 Å². The number of nitriles is 1. The van der Waals surface area contributed by atoms with Crippen LogP contribution in [0.5, 0.6) is 0 Å². The smallest absolute Gasteiger partial charge is 0.236 e. The first kappa shape index (κ1) is 18.2. The fraction of sp³-hybridized carbons (Fsp3) is 0.292. The summed E-state index contributed by atoms with van der Waals surface area (Å²) in [6, 6.07) is 14.6. The van der Waals surface area contributed by atoms with E-state index in [4.69, 9.17) is 9.72 Å². The Morgan fingerprint density at radius 1 is 1.23 bits per heavy atom. The van der Waals surface area contributed by atoms with Gasteiger partial charge in [-0.15, -0.1) is 0 Å². The van der Waals surface area contributed by atoms with Gasteiger partial charge in [-0.3, -0.25) is 4.40 Å². The molecule has 6 rings (SSSR count). The lowest BCUT2D eigenvalue weighted by molar-refractivity contribution is -0.127. The number of hydrogen-bond acceptors (Lipinski definition) is 6. The van der Waals surface area contributed by atoms with Crippen LogP contribution in [-0.4, -0.2) is 40.7 Å². The van der Waals surface area contributed by atoms with Crippen LogP contribution in [-0.2, 0) is 11.3 Å². The zero-order valence-electron chi connectivity index (χ0n) is 17.3. The van der Waals surface area contributed by atoms with Crippen LogP contribution in [0, 0.1) is 23.7 Å². The average molecular weight is 410 g/mol. The van der Waals surface area contributed by atoms with Gasteiger partial charge in [-0.2, -0.15) is 10.2 Å². The van der Waals surface area contributed by atoms with Crippen molar-refractivity contribution in [3.63, 3.8) is 0 Å². The summed E-state index contributed by atoms with van der Waals surface area (Å²) in [4.78, 5) is 11.6. The Bertz CT molecular complexity index is 1360. The number of hydrogen-bond donors (Lipinski definition) is 1. The van der Waals surface area contributed by atoms with E-state index in [9.17, 15) is 5.26 Å². The number of benzene rings is 2. The number of nitrogens with one attached hydrogen (secondary N) is 1. The van der Waals surface area contributed by atoms with E-state index in [1.165, 1.54) is 5.69 Å². The highest BCUT2D eigenvalue weighted by molar-refractivity contribution is 5.93. The lowest BCUT2D eigenvalue weighted by Gasteiger charge is -2.56. The Hall–Kier alpha value is -3.63. The van der Waals surface area contributed by atoms with Gasteiger partial charge >= 0.3 is 0 Å². The summed E-state index contributed by atoms with van der Waals surface area (Å²) in [6.07, 6.45) is 3.72. The van der Waals surface area contributed by atoms with Crippen molar-refractivity contribution >= 4 is 28.2 Å². The summed E-state index contributed by atoms with van der Waals surface area (Å²) in [6.45, 7) is 6.42. The van der Waals surface area contributed by atoms with E-state index in [0.29, 0.717) is 23.3 Å². The van der Waals surface area contributed by atoms with E-state index >= 15 is 0 Å². The second-order valence-electron chi connectivity index (χ2n) is 8.66. The Morgan fingerprint density at radius 3 is 2.87 bits per heavy atom. The molecule has 31 heavy (non-hydrogen) atoms. The monoisotopic (exact) mass is 410 g/mol. The van der Waals surface area contributed by atoms with Crippen LogP contribution in [0.3, 0.4) is 0 Å². The molecule has 0 aliphatic carbocycles. The van der Waals surface area contributed by atoms with Crippen LogP contribution in [0.1, 0.15) is 16.7 Å². The van der Waals surface area contributed by atoms with E-state index in [2.05, 4.69) is 39.5 Å². The van der Waals surface area contributed by atoms with Crippen molar-refractivity contribution in [3.8, 4) is 6.07 Å². The molecule has 0 amide bonds. The molecule has 1 spiro atoms.